The standard InChI is InChI=1S/C20H32N2O3/c1-15(2)22-11-5-6-16(14-22)13-21-20(23)10-7-17-12-18(24-3)8-9-19(17)25-4/h8-9,12,15-16H,5-7,10-11,13-14H2,1-4H3,(H,21,23)/t16-/m0/s1. The smallest absolute Gasteiger partial charge is 0.220 e. The molecule has 0 radical (unpaired) electrons. The molecule has 0 unspecified atom stereocenters. The molecule has 1 N–H and O–H groups in total. The van der Waals surface area contributed by atoms with E-state index >= 15 is 0 Å². The van der Waals surface area contributed by atoms with Gasteiger partial charge in [-0.3, -0.25) is 4.79 Å². The van der Waals surface area contributed by atoms with Crippen molar-refractivity contribution in [2.24, 2.45) is 5.92 Å². The highest BCUT2D eigenvalue weighted by molar-refractivity contribution is 5.76. The summed E-state index contributed by atoms with van der Waals surface area (Å²) in [5.74, 6) is 2.25. The maximum Gasteiger partial charge on any atom is 0.220 e. The molecule has 5 nitrogen and oxygen atoms in total. The molecule has 25 heavy (non-hydrogen) atoms. The molecule has 0 aromatic heterocycles. The summed E-state index contributed by atoms with van der Waals surface area (Å²) in [5, 5.41) is 3.11. The summed E-state index contributed by atoms with van der Waals surface area (Å²) >= 11 is 0. The minimum absolute atomic E-state index is 0.103. The summed E-state index contributed by atoms with van der Waals surface area (Å²) in [6.07, 6.45) is 3.53. The first-order valence-corrected chi connectivity index (χ1v) is 9.25. The van der Waals surface area contributed by atoms with Gasteiger partial charge in [0, 0.05) is 25.6 Å². The third kappa shape index (κ3) is 5.92. The van der Waals surface area contributed by atoms with Crippen molar-refractivity contribution in [1.29, 1.82) is 0 Å². The second-order valence-electron chi connectivity index (χ2n) is 7.08. The molecule has 1 saturated heterocycles. The number of likely N-dealkylation sites (tertiary alicyclic amines) is 1. The van der Waals surface area contributed by atoms with Gasteiger partial charge in [-0.2, -0.15) is 0 Å². The van der Waals surface area contributed by atoms with Gasteiger partial charge in [0.15, 0.2) is 0 Å². The average molecular weight is 348 g/mol. The van der Waals surface area contributed by atoms with Crippen LogP contribution >= 0.6 is 0 Å². The second kappa shape index (κ2) is 9.66. The van der Waals surface area contributed by atoms with Gasteiger partial charge < -0.3 is 19.7 Å². The summed E-state index contributed by atoms with van der Waals surface area (Å²) in [6, 6.07) is 6.27. The fraction of sp³-hybridized carbons (Fsp3) is 0.650. The first-order chi connectivity index (χ1) is 12.0. The number of hydrogen-bond donors (Lipinski definition) is 1. The van der Waals surface area contributed by atoms with Gasteiger partial charge in [-0.25, -0.2) is 0 Å². The molecule has 1 amide bonds. The number of benzene rings is 1. The van der Waals surface area contributed by atoms with Crippen molar-refractivity contribution in [2.45, 2.75) is 45.6 Å². The highest BCUT2D eigenvalue weighted by Gasteiger charge is 2.21. The number of carbonyl (C=O) groups is 1. The van der Waals surface area contributed by atoms with Gasteiger partial charge in [0.2, 0.25) is 5.91 Å². The van der Waals surface area contributed by atoms with Crippen LogP contribution < -0.4 is 14.8 Å². The molecule has 1 heterocycles. The van der Waals surface area contributed by atoms with Crippen LogP contribution in [0.3, 0.4) is 0 Å². The van der Waals surface area contributed by atoms with Crippen LogP contribution in [0, 0.1) is 5.92 Å². The van der Waals surface area contributed by atoms with Crippen LogP contribution in [-0.2, 0) is 11.2 Å². The SMILES string of the molecule is COc1ccc(OC)c(CCC(=O)NC[C@@H]2CCCN(C(C)C)C2)c1. The Morgan fingerprint density at radius 2 is 2.12 bits per heavy atom. The van der Waals surface area contributed by atoms with Crippen molar-refractivity contribution >= 4 is 5.91 Å². The van der Waals surface area contributed by atoms with Gasteiger partial charge in [0.05, 0.1) is 14.2 Å². The van der Waals surface area contributed by atoms with E-state index in [9.17, 15) is 4.79 Å². The van der Waals surface area contributed by atoms with E-state index in [0.717, 1.165) is 30.2 Å². The van der Waals surface area contributed by atoms with Crippen LogP contribution in [0.2, 0.25) is 0 Å². The Bertz CT molecular complexity index is 560. The zero-order chi connectivity index (χ0) is 18.2. The molecule has 0 bridgehead atoms. The minimum Gasteiger partial charge on any atom is -0.497 e. The quantitative estimate of drug-likeness (QED) is 0.785. The Kier molecular flexibility index (Phi) is 7.56. The van der Waals surface area contributed by atoms with Crippen LogP contribution in [-0.4, -0.2) is 50.7 Å². The monoisotopic (exact) mass is 348 g/mol. The van der Waals surface area contributed by atoms with Crippen LogP contribution in [0.5, 0.6) is 11.5 Å². The molecule has 1 fully saturated rings. The first-order valence-electron chi connectivity index (χ1n) is 9.25. The van der Waals surface area contributed by atoms with E-state index in [1.54, 1.807) is 14.2 Å². The van der Waals surface area contributed by atoms with Crippen molar-refractivity contribution < 1.29 is 14.3 Å². The lowest BCUT2D eigenvalue weighted by Gasteiger charge is -2.35. The molecule has 0 saturated carbocycles. The van der Waals surface area contributed by atoms with Gasteiger partial charge in [0.25, 0.3) is 0 Å². The van der Waals surface area contributed by atoms with E-state index in [-0.39, 0.29) is 5.91 Å². The van der Waals surface area contributed by atoms with E-state index in [1.165, 1.54) is 19.4 Å². The number of carbonyl (C=O) groups excluding carboxylic acids is 1. The topological polar surface area (TPSA) is 50.8 Å². The summed E-state index contributed by atoms with van der Waals surface area (Å²) < 4.78 is 10.6. The van der Waals surface area contributed by atoms with Gasteiger partial charge in [-0.05, 0) is 69.3 Å². The van der Waals surface area contributed by atoms with Crippen LogP contribution in [0.15, 0.2) is 18.2 Å². The predicted octanol–water partition coefficient (Wildman–Crippen LogP) is 2.87. The summed E-state index contributed by atoms with van der Waals surface area (Å²) in [6.45, 7) is 7.52. The van der Waals surface area contributed by atoms with Crippen molar-refractivity contribution in [3.8, 4) is 11.5 Å². The summed E-state index contributed by atoms with van der Waals surface area (Å²) in [4.78, 5) is 14.7. The number of nitrogens with zero attached hydrogens (tertiary/aromatic N) is 1. The van der Waals surface area contributed by atoms with Gasteiger partial charge >= 0.3 is 0 Å². The van der Waals surface area contributed by atoms with Crippen molar-refractivity contribution in [3.63, 3.8) is 0 Å². The number of nitrogens with one attached hydrogen (secondary N) is 1. The lowest BCUT2D eigenvalue weighted by molar-refractivity contribution is -0.121. The Morgan fingerprint density at radius 1 is 1.32 bits per heavy atom. The lowest BCUT2D eigenvalue weighted by atomic mass is 9.97. The molecule has 1 aromatic carbocycles. The van der Waals surface area contributed by atoms with Gasteiger partial charge in [0.1, 0.15) is 11.5 Å². The molecule has 140 valence electrons. The molecule has 1 atom stereocenters. The van der Waals surface area contributed by atoms with Crippen LogP contribution in [0.25, 0.3) is 0 Å². The number of methoxy groups -OCH3 is 2. The van der Waals surface area contributed by atoms with E-state index in [1.807, 2.05) is 18.2 Å². The number of rotatable bonds is 8. The number of aryl methyl sites for hydroxylation is 1. The van der Waals surface area contributed by atoms with E-state index < -0.39 is 0 Å². The molecule has 0 aliphatic carbocycles. The number of piperidine rings is 1. The third-order valence-electron chi connectivity index (χ3n) is 4.98. The minimum atomic E-state index is 0.103. The molecule has 1 aromatic rings. The van der Waals surface area contributed by atoms with Crippen molar-refractivity contribution in [2.75, 3.05) is 33.9 Å². The Labute approximate surface area is 151 Å². The fourth-order valence-corrected chi connectivity index (χ4v) is 3.40. The van der Waals surface area contributed by atoms with Crippen LogP contribution in [0.4, 0.5) is 0 Å². The Morgan fingerprint density at radius 3 is 2.80 bits per heavy atom. The average Bonchev–Trinajstić information content (AvgIpc) is 2.64. The Hall–Kier alpha value is -1.75. The largest absolute Gasteiger partial charge is 0.497 e. The van der Waals surface area contributed by atoms with E-state index in [0.29, 0.717) is 24.8 Å². The van der Waals surface area contributed by atoms with Crippen LogP contribution in [0.1, 0.15) is 38.7 Å². The molecule has 2 rings (SSSR count). The molecule has 1 aliphatic rings. The normalized spacial score (nSPS) is 18.2. The highest BCUT2D eigenvalue weighted by Crippen LogP contribution is 2.25. The first kappa shape index (κ1) is 19.6. The van der Waals surface area contributed by atoms with E-state index in [2.05, 4.69) is 24.1 Å². The fourth-order valence-electron chi connectivity index (χ4n) is 3.40. The molecule has 1 aliphatic heterocycles. The van der Waals surface area contributed by atoms with E-state index in [4.69, 9.17) is 9.47 Å². The molecule has 5 heteroatoms. The highest BCUT2D eigenvalue weighted by atomic mass is 16.5. The molecule has 0 spiro atoms. The number of amides is 1. The third-order valence-corrected chi connectivity index (χ3v) is 4.98. The zero-order valence-corrected chi connectivity index (χ0v) is 16.0. The maximum atomic E-state index is 12.2. The van der Waals surface area contributed by atoms with Crippen molar-refractivity contribution in [3.05, 3.63) is 23.8 Å². The second-order valence-corrected chi connectivity index (χ2v) is 7.08. The Balaban J connectivity index is 1.79. The number of hydrogen-bond acceptors (Lipinski definition) is 4. The molecular weight excluding hydrogens is 316 g/mol. The molecular formula is C20H32N2O3. The summed E-state index contributed by atoms with van der Waals surface area (Å²) in [7, 11) is 3.29. The predicted molar refractivity (Wildman–Crippen MR) is 100 cm³/mol. The zero-order valence-electron chi connectivity index (χ0n) is 16.0. The van der Waals surface area contributed by atoms with Crippen molar-refractivity contribution in [1.82, 2.24) is 10.2 Å². The maximum absolute atomic E-state index is 12.2. The number of ether oxygens (including phenoxy) is 2. The lowest BCUT2D eigenvalue weighted by Crippen LogP contribution is -2.43. The summed E-state index contributed by atoms with van der Waals surface area (Å²) in [5.41, 5.74) is 1.00. The van der Waals surface area contributed by atoms with Gasteiger partial charge in [-0.1, -0.05) is 0 Å². The van der Waals surface area contributed by atoms with Gasteiger partial charge in [-0.15, -0.1) is 0 Å².